The van der Waals surface area contributed by atoms with Crippen molar-refractivity contribution in [3.05, 3.63) is 18.2 Å². The SMILES string of the molecule is CC(C1CC1)n1ncc2cnc(C#N)nc21. The van der Waals surface area contributed by atoms with Crippen LogP contribution in [0.15, 0.2) is 12.4 Å². The number of aromatic nitrogens is 4. The van der Waals surface area contributed by atoms with Gasteiger partial charge in [-0.15, -0.1) is 0 Å². The fourth-order valence-electron chi connectivity index (χ4n) is 1.97. The predicted molar refractivity (Wildman–Crippen MR) is 57.5 cm³/mol. The van der Waals surface area contributed by atoms with E-state index in [2.05, 4.69) is 22.0 Å². The smallest absolute Gasteiger partial charge is 0.234 e. The molecule has 1 fully saturated rings. The summed E-state index contributed by atoms with van der Waals surface area (Å²) in [6, 6.07) is 2.32. The lowest BCUT2D eigenvalue weighted by molar-refractivity contribution is 0.450. The highest BCUT2D eigenvalue weighted by Gasteiger charge is 2.30. The van der Waals surface area contributed by atoms with Crippen molar-refractivity contribution in [2.75, 3.05) is 0 Å². The Hall–Kier alpha value is -1.96. The van der Waals surface area contributed by atoms with Crippen LogP contribution in [-0.4, -0.2) is 19.7 Å². The molecule has 0 bridgehead atoms. The van der Waals surface area contributed by atoms with Gasteiger partial charge in [0.05, 0.1) is 17.6 Å². The molecule has 1 atom stereocenters. The summed E-state index contributed by atoms with van der Waals surface area (Å²) >= 11 is 0. The van der Waals surface area contributed by atoms with E-state index in [1.165, 1.54) is 12.8 Å². The molecular weight excluding hydrogens is 202 g/mol. The summed E-state index contributed by atoms with van der Waals surface area (Å²) < 4.78 is 1.91. The van der Waals surface area contributed by atoms with Gasteiger partial charge in [0.25, 0.3) is 0 Å². The third-order valence-electron chi connectivity index (χ3n) is 3.12. The minimum Gasteiger partial charge on any atom is -0.244 e. The van der Waals surface area contributed by atoms with Crippen molar-refractivity contribution >= 4 is 11.0 Å². The first-order valence-corrected chi connectivity index (χ1v) is 5.40. The highest BCUT2D eigenvalue weighted by Crippen LogP contribution is 2.39. The van der Waals surface area contributed by atoms with Crippen molar-refractivity contribution < 1.29 is 0 Å². The first-order valence-electron chi connectivity index (χ1n) is 5.40. The van der Waals surface area contributed by atoms with Gasteiger partial charge in [-0.2, -0.15) is 15.3 Å². The number of fused-ring (bicyclic) bond motifs is 1. The van der Waals surface area contributed by atoms with Crippen LogP contribution in [0.2, 0.25) is 0 Å². The van der Waals surface area contributed by atoms with Gasteiger partial charge >= 0.3 is 0 Å². The monoisotopic (exact) mass is 213 g/mol. The highest BCUT2D eigenvalue weighted by molar-refractivity contribution is 5.73. The lowest BCUT2D eigenvalue weighted by Gasteiger charge is -2.10. The predicted octanol–water partition coefficient (Wildman–Crippen LogP) is 1.67. The molecule has 0 aliphatic heterocycles. The normalized spacial score (nSPS) is 17.2. The zero-order chi connectivity index (χ0) is 11.1. The second kappa shape index (κ2) is 3.27. The van der Waals surface area contributed by atoms with Gasteiger partial charge in [0.1, 0.15) is 6.07 Å². The van der Waals surface area contributed by atoms with Crippen LogP contribution in [0.5, 0.6) is 0 Å². The van der Waals surface area contributed by atoms with Gasteiger partial charge in [0.2, 0.25) is 5.82 Å². The van der Waals surface area contributed by atoms with E-state index in [0.29, 0.717) is 12.0 Å². The van der Waals surface area contributed by atoms with Crippen LogP contribution in [0, 0.1) is 17.2 Å². The van der Waals surface area contributed by atoms with Crippen molar-refractivity contribution in [2.24, 2.45) is 5.92 Å². The van der Waals surface area contributed by atoms with Crippen molar-refractivity contribution in [3.63, 3.8) is 0 Å². The van der Waals surface area contributed by atoms with Crippen molar-refractivity contribution in [1.29, 1.82) is 5.26 Å². The second-order valence-electron chi connectivity index (χ2n) is 4.25. The lowest BCUT2D eigenvalue weighted by atomic mass is 10.2. The van der Waals surface area contributed by atoms with Crippen LogP contribution in [0.1, 0.15) is 31.6 Å². The molecule has 16 heavy (non-hydrogen) atoms. The van der Waals surface area contributed by atoms with E-state index in [-0.39, 0.29) is 5.82 Å². The first-order chi connectivity index (χ1) is 7.79. The fourth-order valence-corrected chi connectivity index (χ4v) is 1.97. The van der Waals surface area contributed by atoms with Crippen LogP contribution >= 0.6 is 0 Å². The van der Waals surface area contributed by atoms with E-state index in [4.69, 9.17) is 5.26 Å². The molecule has 0 N–H and O–H groups in total. The van der Waals surface area contributed by atoms with Gasteiger partial charge < -0.3 is 0 Å². The fraction of sp³-hybridized carbons (Fsp3) is 0.455. The summed E-state index contributed by atoms with van der Waals surface area (Å²) in [5.74, 6) is 0.917. The molecule has 80 valence electrons. The topological polar surface area (TPSA) is 67.4 Å². The van der Waals surface area contributed by atoms with Crippen LogP contribution < -0.4 is 0 Å². The standard InChI is InChI=1S/C11H11N5/c1-7(8-2-3-8)16-11-9(6-14-16)5-13-10(4-12)15-11/h5-8H,2-3H2,1H3. The first kappa shape index (κ1) is 9.28. The Morgan fingerprint density at radius 2 is 2.31 bits per heavy atom. The molecule has 0 radical (unpaired) electrons. The van der Waals surface area contributed by atoms with Crippen molar-refractivity contribution in [2.45, 2.75) is 25.8 Å². The van der Waals surface area contributed by atoms with E-state index in [1.54, 1.807) is 12.4 Å². The Morgan fingerprint density at radius 1 is 1.50 bits per heavy atom. The van der Waals surface area contributed by atoms with Gasteiger partial charge in [-0.3, -0.25) is 0 Å². The van der Waals surface area contributed by atoms with Gasteiger partial charge in [0, 0.05) is 6.20 Å². The summed E-state index contributed by atoms with van der Waals surface area (Å²) in [6.45, 7) is 2.15. The molecule has 0 amide bonds. The molecule has 1 saturated carbocycles. The molecule has 2 aromatic rings. The summed E-state index contributed by atoms with van der Waals surface area (Å²) in [5.41, 5.74) is 0.769. The molecule has 0 spiro atoms. The van der Waals surface area contributed by atoms with Crippen LogP contribution in [-0.2, 0) is 0 Å². The Bertz CT molecular complexity index is 576. The van der Waals surface area contributed by atoms with Gasteiger partial charge in [-0.05, 0) is 25.7 Å². The molecule has 2 aromatic heterocycles. The number of nitrogens with zero attached hydrogens (tertiary/aromatic N) is 5. The van der Waals surface area contributed by atoms with E-state index in [0.717, 1.165) is 11.0 Å². The zero-order valence-corrected chi connectivity index (χ0v) is 8.96. The van der Waals surface area contributed by atoms with E-state index in [1.807, 2.05) is 10.8 Å². The lowest BCUT2D eigenvalue weighted by Crippen LogP contribution is -2.09. The zero-order valence-electron chi connectivity index (χ0n) is 8.96. The molecule has 0 aromatic carbocycles. The Balaban J connectivity index is 2.13. The maximum Gasteiger partial charge on any atom is 0.234 e. The number of hydrogen-bond acceptors (Lipinski definition) is 4. The molecule has 1 aliphatic rings. The highest BCUT2D eigenvalue weighted by atomic mass is 15.3. The molecule has 5 nitrogen and oxygen atoms in total. The van der Waals surface area contributed by atoms with E-state index in [9.17, 15) is 0 Å². The summed E-state index contributed by atoms with van der Waals surface area (Å²) in [6.07, 6.45) is 5.94. The second-order valence-corrected chi connectivity index (χ2v) is 4.25. The average molecular weight is 213 g/mol. The molecular formula is C11H11N5. The number of hydrogen-bond donors (Lipinski definition) is 0. The van der Waals surface area contributed by atoms with Gasteiger partial charge in [-0.25, -0.2) is 9.67 Å². The Kier molecular flexibility index (Phi) is 1.90. The number of rotatable bonds is 2. The molecule has 1 unspecified atom stereocenters. The quantitative estimate of drug-likeness (QED) is 0.761. The number of nitriles is 1. The maximum atomic E-state index is 8.78. The molecule has 2 heterocycles. The summed E-state index contributed by atoms with van der Waals surface area (Å²) in [5, 5.41) is 14.0. The maximum absolute atomic E-state index is 8.78. The molecule has 1 aliphatic carbocycles. The average Bonchev–Trinajstić information content (AvgIpc) is 3.08. The van der Waals surface area contributed by atoms with E-state index < -0.39 is 0 Å². The third-order valence-corrected chi connectivity index (χ3v) is 3.12. The largest absolute Gasteiger partial charge is 0.244 e. The summed E-state index contributed by atoms with van der Waals surface area (Å²) in [7, 11) is 0. The van der Waals surface area contributed by atoms with Crippen molar-refractivity contribution in [1.82, 2.24) is 19.7 Å². The minimum absolute atomic E-state index is 0.206. The third kappa shape index (κ3) is 1.34. The van der Waals surface area contributed by atoms with Crippen LogP contribution in [0.25, 0.3) is 11.0 Å². The van der Waals surface area contributed by atoms with Crippen LogP contribution in [0.4, 0.5) is 0 Å². The van der Waals surface area contributed by atoms with Crippen LogP contribution in [0.3, 0.4) is 0 Å². The molecule has 5 heteroatoms. The summed E-state index contributed by atoms with van der Waals surface area (Å²) in [4.78, 5) is 8.15. The minimum atomic E-state index is 0.206. The van der Waals surface area contributed by atoms with Gasteiger partial charge in [0.15, 0.2) is 5.65 Å². The van der Waals surface area contributed by atoms with Gasteiger partial charge in [-0.1, -0.05) is 0 Å². The Morgan fingerprint density at radius 3 is 3.00 bits per heavy atom. The van der Waals surface area contributed by atoms with Crippen molar-refractivity contribution in [3.8, 4) is 6.07 Å². The van der Waals surface area contributed by atoms with E-state index >= 15 is 0 Å². The molecule has 3 rings (SSSR count). The molecule has 0 saturated heterocycles. The Labute approximate surface area is 92.7 Å².